The standard InChI is InChI=1S/C19H24N4S/c1-19(2,17-9-6-10-24-17)13-22-18(20-3)21-12-15-11-14-7-4-5-8-16(14)23-15/h4-11,23H,12-13H2,1-3H3,(H2,20,21,22). The smallest absolute Gasteiger partial charge is 0.191 e. The van der Waals surface area contributed by atoms with E-state index < -0.39 is 0 Å². The maximum atomic E-state index is 4.33. The van der Waals surface area contributed by atoms with Gasteiger partial charge >= 0.3 is 0 Å². The highest BCUT2D eigenvalue weighted by Crippen LogP contribution is 2.26. The largest absolute Gasteiger partial charge is 0.357 e. The molecule has 3 rings (SSSR count). The van der Waals surface area contributed by atoms with Crippen molar-refractivity contribution in [1.29, 1.82) is 0 Å². The zero-order valence-electron chi connectivity index (χ0n) is 14.4. The maximum absolute atomic E-state index is 4.33. The Hall–Kier alpha value is -2.27. The van der Waals surface area contributed by atoms with Crippen LogP contribution in [-0.4, -0.2) is 24.5 Å². The second-order valence-corrected chi connectivity index (χ2v) is 7.47. The van der Waals surface area contributed by atoms with Crippen LogP contribution in [0.5, 0.6) is 0 Å². The number of H-pyrrole nitrogens is 1. The summed E-state index contributed by atoms with van der Waals surface area (Å²) in [5.41, 5.74) is 2.39. The molecule has 0 spiro atoms. The van der Waals surface area contributed by atoms with Gasteiger partial charge in [-0.05, 0) is 29.0 Å². The van der Waals surface area contributed by atoms with E-state index in [9.17, 15) is 0 Å². The number of nitrogens with zero attached hydrogens (tertiary/aromatic N) is 1. The highest BCUT2D eigenvalue weighted by atomic mass is 32.1. The van der Waals surface area contributed by atoms with Gasteiger partial charge in [-0.15, -0.1) is 11.3 Å². The molecule has 0 aliphatic heterocycles. The molecule has 0 amide bonds. The Bertz CT molecular complexity index is 782. The summed E-state index contributed by atoms with van der Waals surface area (Å²) in [6, 6.07) is 14.8. The van der Waals surface area contributed by atoms with Gasteiger partial charge in [0.2, 0.25) is 0 Å². The number of hydrogen-bond donors (Lipinski definition) is 3. The van der Waals surface area contributed by atoms with Crippen molar-refractivity contribution in [2.75, 3.05) is 13.6 Å². The number of aromatic nitrogens is 1. The first-order valence-corrected chi connectivity index (χ1v) is 9.01. The summed E-state index contributed by atoms with van der Waals surface area (Å²) < 4.78 is 0. The average molecular weight is 340 g/mol. The van der Waals surface area contributed by atoms with Gasteiger partial charge in [-0.1, -0.05) is 38.1 Å². The van der Waals surface area contributed by atoms with Crippen molar-refractivity contribution in [3.63, 3.8) is 0 Å². The number of nitrogens with one attached hydrogen (secondary N) is 3. The van der Waals surface area contributed by atoms with E-state index in [4.69, 9.17) is 0 Å². The Morgan fingerprint density at radius 1 is 1.17 bits per heavy atom. The first-order chi connectivity index (χ1) is 11.6. The first-order valence-electron chi connectivity index (χ1n) is 8.13. The van der Waals surface area contributed by atoms with Crippen LogP contribution in [-0.2, 0) is 12.0 Å². The molecule has 126 valence electrons. The van der Waals surface area contributed by atoms with Crippen LogP contribution >= 0.6 is 11.3 Å². The molecule has 3 aromatic rings. The number of hydrogen-bond acceptors (Lipinski definition) is 2. The topological polar surface area (TPSA) is 52.2 Å². The average Bonchev–Trinajstić information content (AvgIpc) is 3.24. The van der Waals surface area contributed by atoms with Crippen molar-refractivity contribution in [3.05, 3.63) is 58.4 Å². The van der Waals surface area contributed by atoms with Crippen LogP contribution < -0.4 is 10.6 Å². The molecule has 0 atom stereocenters. The second-order valence-electron chi connectivity index (χ2n) is 6.52. The Labute approximate surface area is 147 Å². The molecular formula is C19H24N4S. The van der Waals surface area contributed by atoms with Crippen LogP contribution in [0.3, 0.4) is 0 Å². The minimum absolute atomic E-state index is 0.0763. The van der Waals surface area contributed by atoms with Gasteiger partial charge in [0.05, 0.1) is 6.54 Å². The van der Waals surface area contributed by atoms with E-state index in [0.29, 0.717) is 6.54 Å². The van der Waals surface area contributed by atoms with E-state index in [1.165, 1.54) is 10.3 Å². The van der Waals surface area contributed by atoms with Crippen LogP contribution in [0.25, 0.3) is 10.9 Å². The second kappa shape index (κ2) is 7.09. The van der Waals surface area contributed by atoms with E-state index in [1.54, 1.807) is 18.4 Å². The van der Waals surface area contributed by atoms with Crippen LogP contribution in [0.2, 0.25) is 0 Å². The molecule has 3 N–H and O–H groups in total. The lowest BCUT2D eigenvalue weighted by Gasteiger charge is -2.25. The van der Waals surface area contributed by atoms with Crippen LogP contribution in [0.1, 0.15) is 24.4 Å². The summed E-state index contributed by atoms with van der Waals surface area (Å²) in [5.74, 6) is 0.818. The van der Waals surface area contributed by atoms with E-state index in [1.807, 2.05) is 6.07 Å². The van der Waals surface area contributed by atoms with Gasteiger partial charge in [0, 0.05) is 35.1 Å². The molecule has 0 unspecified atom stereocenters. The minimum atomic E-state index is 0.0763. The minimum Gasteiger partial charge on any atom is -0.357 e. The number of aromatic amines is 1. The molecule has 0 saturated carbocycles. The quantitative estimate of drug-likeness (QED) is 0.488. The molecule has 2 heterocycles. The fraction of sp³-hybridized carbons (Fsp3) is 0.316. The molecule has 24 heavy (non-hydrogen) atoms. The molecular weight excluding hydrogens is 316 g/mol. The zero-order valence-corrected chi connectivity index (χ0v) is 15.2. The fourth-order valence-electron chi connectivity index (χ4n) is 2.68. The summed E-state index contributed by atoms with van der Waals surface area (Å²) in [6.07, 6.45) is 0. The predicted molar refractivity (Wildman–Crippen MR) is 104 cm³/mol. The molecule has 4 nitrogen and oxygen atoms in total. The van der Waals surface area contributed by atoms with Crippen molar-refractivity contribution in [3.8, 4) is 0 Å². The van der Waals surface area contributed by atoms with E-state index >= 15 is 0 Å². The van der Waals surface area contributed by atoms with Crippen molar-refractivity contribution < 1.29 is 0 Å². The highest BCUT2D eigenvalue weighted by molar-refractivity contribution is 7.10. The normalized spacial score (nSPS) is 12.5. The van der Waals surface area contributed by atoms with Crippen LogP contribution in [0.15, 0.2) is 52.8 Å². The van der Waals surface area contributed by atoms with E-state index in [-0.39, 0.29) is 5.41 Å². The van der Waals surface area contributed by atoms with Gasteiger partial charge in [-0.25, -0.2) is 0 Å². The number of benzene rings is 1. The van der Waals surface area contributed by atoms with Gasteiger partial charge in [-0.2, -0.15) is 0 Å². The third-order valence-electron chi connectivity index (χ3n) is 4.14. The fourth-order valence-corrected chi connectivity index (χ4v) is 3.54. The summed E-state index contributed by atoms with van der Waals surface area (Å²) in [7, 11) is 1.80. The lowest BCUT2D eigenvalue weighted by molar-refractivity contribution is 0.518. The van der Waals surface area contributed by atoms with Gasteiger partial charge in [0.15, 0.2) is 5.96 Å². The Kier molecular flexibility index (Phi) is 4.90. The number of guanidine groups is 1. The summed E-state index contributed by atoms with van der Waals surface area (Å²) in [4.78, 5) is 9.13. The number of thiophene rings is 1. The molecule has 0 aliphatic carbocycles. The first kappa shape index (κ1) is 16.6. The number of para-hydroxylation sites is 1. The monoisotopic (exact) mass is 340 g/mol. The Balaban J connectivity index is 1.57. The van der Waals surface area contributed by atoms with E-state index in [0.717, 1.165) is 23.7 Å². The van der Waals surface area contributed by atoms with Gasteiger partial charge in [-0.3, -0.25) is 4.99 Å². The number of aliphatic imine (C=N–C) groups is 1. The number of fused-ring (bicyclic) bond motifs is 1. The van der Waals surface area contributed by atoms with Crippen molar-refractivity contribution >= 4 is 28.2 Å². The third kappa shape index (κ3) is 3.79. The molecule has 0 radical (unpaired) electrons. The number of rotatable bonds is 5. The van der Waals surface area contributed by atoms with Crippen LogP contribution in [0, 0.1) is 0 Å². The maximum Gasteiger partial charge on any atom is 0.191 e. The molecule has 0 saturated heterocycles. The molecule has 2 aromatic heterocycles. The molecule has 5 heteroatoms. The zero-order chi connectivity index (χ0) is 17.0. The van der Waals surface area contributed by atoms with Crippen LogP contribution in [0.4, 0.5) is 0 Å². The Morgan fingerprint density at radius 3 is 2.71 bits per heavy atom. The SMILES string of the molecule is CN=C(NCc1cc2ccccc2[nH]1)NCC(C)(C)c1cccs1. The summed E-state index contributed by atoms with van der Waals surface area (Å²) in [6.45, 7) is 6.04. The van der Waals surface area contributed by atoms with Crippen molar-refractivity contribution in [2.45, 2.75) is 25.8 Å². The molecule has 1 aromatic carbocycles. The van der Waals surface area contributed by atoms with Gasteiger partial charge in [0.1, 0.15) is 0 Å². The van der Waals surface area contributed by atoms with Crippen molar-refractivity contribution in [2.24, 2.45) is 4.99 Å². The molecule has 0 fully saturated rings. The highest BCUT2D eigenvalue weighted by Gasteiger charge is 2.21. The van der Waals surface area contributed by atoms with Gasteiger partial charge in [0.25, 0.3) is 0 Å². The molecule has 0 bridgehead atoms. The van der Waals surface area contributed by atoms with E-state index in [2.05, 4.69) is 76.2 Å². The lowest BCUT2D eigenvalue weighted by Crippen LogP contribution is -2.43. The van der Waals surface area contributed by atoms with Gasteiger partial charge < -0.3 is 15.6 Å². The third-order valence-corrected chi connectivity index (χ3v) is 5.38. The van der Waals surface area contributed by atoms with Crippen molar-refractivity contribution in [1.82, 2.24) is 15.6 Å². The molecule has 0 aliphatic rings. The summed E-state index contributed by atoms with van der Waals surface area (Å²) in [5, 5.41) is 10.2. The predicted octanol–water partition coefficient (Wildman–Crippen LogP) is 3.87. The Morgan fingerprint density at radius 2 is 2.00 bits per heavy atom. The summed E-state index contributed by atoms with van der Waals surface area (Å²) >= 11 is 1.80. The lowest BCUT2D eigenvalue weighted by atomic mass is 9.91.